The first-order valence-electron chi connectivity index (χ1n) is 6.43. The highest BCUT2D eigenvalue weighted by Crippen LogP contribution is 2.25. The topological polar surface area (TPSA) is 120 Å². The van der Waals surface area contributed by atoms with Crippen molar-refractivity contribution >= 4 is 23.8 Å². The van der Waals surface area contributed by atoms with Gasteiger partial charge < -0.3 is 15.5 Å². The lowest BCUT2D eigenvalue weighted by Gasteiger charge is -2.28. The second-order valence-corrected chi connectivity index (χ2v) is 5.24. The lowest BCUT2D eigenvalue weighted by Crippen LogP contribution is -2.59. The number of hydrogen-bond acceptors (Lipinski definition) is 5. The fraction of sp³-hybridized carbons (Fsp3) is 0.636. The minimum Gasteiger partial charge on any atom is -0.353 e. The highest BCUT2D eigenvalue weighted by atomic mass is 16.2. The van der Waals surface area contributed by atoms with Gasteiger partial charge in [-0.05, 0) is 6.42 Å². The maximum atomic E-state index is 12.3. The van der Waals surface area contributed by atoms with Crippen molar-refractivity contribution in [2.45, 2.75) is 18.0 Å². The zero-order chi connectivity index (χ0) is 14.3. The molecule has 0 aromatic heterocycles. The number of rotatable bonds is 1. The average molecular weight is 281 g/mol. The molecule has 3 aliphatic heterocycles. The number of hydrogen-bond donors (Lipinski definition) is 4. The van der Waals surface area contributed by atoms with E-state index in [1.54, 1.807) is 4.90 Å². The predicted molar refractivity (Wildman–Crippen MR) is 65.4 cm³/mol. The molecule has 3 heterocycles. The van der Waals surface area contributed by atoms with Gasteiger partial charge in [0.25, 0.3) is 5.91 Å². The van der Waals surface area contributed by atoms with Crippen molar-refractivity contribution in [2.75, 3.05) is 26.2 Å². The highest BCUT2D eigenvalue weighted by Gasteiger charge is 2.52. The van der Waals surface area contributed by atoms with E-state index in [9.17, 15) is 19.2 Å². The third kappa shape index (κ3) is 1.99. The number of carbonyl (C=O) groups excluding carboxylic acids is 4. The summed E-state index contributed by atoms with van der Waals surface area (Å²) in [6, 6.07) is -1.00. The van der Waals surface area contributed by atoms with Gasteiger partial charge >= 0.3 is 6.03 Å². The number of urea groups is 1. The summed E-state index contributed by atoms with van der Waals surface area (Å²) in [6.45, 7) is 0.903. The van der Waals surface area contributed by atoms with E-state index in [1.807, 2.05) is 0 Å². The van der Waals surface area contributed by atoms with E-state index in [0.29, 0.717) is 13.0 Å². The molecule has 3 rings (SSSR count). The summed E-state index contributed by atoms with van der Waals surface area (Å²) in [7, 11) is 0. The van der Waals surface area contributed by atoms with E-state index in [1.165, 1.54) is 0 Å². The summed E-state index contributed by atoms with van der Waals surface area (Å²) >= 11 is 0. The van der Waals surface area contributed by atoms with Crippen LogP contribution >= 0.6 is 0 Å². The van der Waals surface area contributed by atoms with Crippen LogP contribution in [0.1, 0.15) is 6.42 Å². The van der Waals surface area contributed by atoms with E-state index < -0.39 is 17.6 Å². The third-order valence-corrected chi connectivity index (χ3v) is 3.91. The van der Waals surface area contributed by atoms with Crippen molar-refractivity contribution in [3.05, 3.63) is 0 Å². The fourth-order valence-electron chi connectivity index (χ4n) is 2.77. The Morgan fingerprint density at radius 2 is 2.10 bits per heavy atom. The second-order valence-electron chi connectivity index (χ2n) is 5.24. The van der Waals surface area contributed by atoms with Gasteiger partial charge in [-0.3, -0.25) is 25.0 Å². The lowest BCUT2D eigenvalue weighted by atomic mass is 9.99. The van der Waals surface area contributed by atoms with Gasteiger partial charge in [-0.2, -0.15) is 0 Å². The maximum absolute atomic E-state index is 12.3. The van der Waals surface area contributed by atoms with Crippen LogP contribution in [0.15, 0.2) is 0 Å². The van der Waals surface area contributed by atoms with Gasteiger partial charge in [0.15, 0.2) is 0 Å². The van der Waals surface area contributed by atoms with Crippen LogP contribution in [0.2, 0.25) is 0 Å². The Morgan fingerprint density at radius 1 is 1.30 bits per heavy atom. The minimum atomic E-state index is -0.995. The molecule has 3 aliphatic rings. The van der Waals surface area contributed by atoms with Crippen LogP contribution in [0.3, 0.4) is 0 Å². The minimum absolute atomic E-state index is 0.104. The fourth-order valence-corrected chi connectivity index (χ4v) is 2.77. The molecule has 0 aliphatic carbocycles. The molecular formula is C11H15N5O4. The summed E-state index contributed by atoms with van der Waals surface area (Å²) in [4.78, 5) is 47.9. The van der Waals surface area contributed by atoms with Crippen LogP contribution in [0.4, 0.5) is 4.79 Å². The van der Waals surface area contributed by atoms with Crippen LogP contribution in [-0.2, 0) is 14.4 Å². The number of carbonyl (C=O) groups is 4. The van der Waals surface area contributed by atoms with Crippen LogP contribution in [0.5, 0.6) is 0 Å². The number of likely N-dealkylation sites (tertiary alicyclic amines) is 1. The Labute approximate surface area is 114 Å². The predicted octanol–water partition coefficient (Wildman–Crippen LogP) is -3.12. The smallest absolute Gasteiger partial charge is 0.322 e. The van der Waals surface area contributed by atoms with E-state index in [-0.39, 0.29) is 37.4 Å². The first-order chi connectivity index (χ1) is 9.50. The van der Waals surface area contributed by atoms with Crippen molar-refractivity contribution in [1.29, 1.82) is 0 Å². The number of nitrogens with zero attached hydrogens (tertiary/aromatic N) is 1. The summed E-state index contributed by atoms with van der Waals surface area (Å²) in [5.74, 6) is -0.701. The largest absolute Gasteiger partial charge is 0.353 e. The van der Waals surface area contributed by atoms with Crippen molar-refractivity contribution in [3.8, 4) is 0 Å². The Morgan fingerprint density at radius 3 is 2.70 bits per heavy atom. The Kier molecular flexibility index (Phi) is 2.85. The van der Waals surface area contributed by atoms with Crippen molar-refractivity contribution in [2.24, 2.45) is 0 Å². The van der Waals surface area contributed by atoms with E-state index in [4.69, 9.17) is 0 Å². The van der Waals surface area contributed by atoms with Gasteiger partial charge in [-0.25, -0.2) is 4.79 Å². The zero-order valence-corrected chi connectivity index (χ0v) is 10.7. The molecular weight excluding hydrogens is 266 g/mol. The molecule has 0 saturated carbocycles. The molecule has 20 heavy (non-hydrogen) atoms. The second kappa shape index (κ2) is 4.44. The monoisotopic (exact) mass is 281 g/mol. The maximum Gasteiger partial charge on any atom is 0.322 e. The molecule has 0 aromatic carbocycles. The van der Waals surface area contributed by atoms with Crippen LogP contribution < -0.4 is 21.3 Å². The highest BCUT2D eigenvalue weighted by molar-refractivity contribution is 6.07. The van der Waals surface area contributed by atoms with Gasteiger partial charge in [0, 0.05) is 13.1 Å². The van der Waals surface area contributed by atoms with Crippen molar-refractivity contribution < 1.29 is 19.2 Å². The molecule has 1 spiro atoms. The number of nitrogens with one attached hydrogen (secondary N) is 4. The quantitative estimate of drug-likeness (QED) is 0.379. The van der Waals surface area contributed by atoms with E-state index >= 15 is 0 Å². The molecule has 2 unspecified atom stereocenters. The average Bonchev–Trinajstić information content (AvgIpc) is 2.95. The SMILES string of the molecule is O=C1CNC(C(=O)N2CCC3(C2)NC(=O)NC3=O)CN1. The van der Waals surface area contributed by atoms with Gasteiger partial charge in [-0.1, -0.05) is 0 Å². The van der Waals surface area contributed by atoms with Gasteiger partial charge in [0.2, 0.25) is 11.8 Å². The van der Waals surface area contributed by atoms with E-state index in [2.05, 4.69) is 21.3 Å². The van der Waals surface area contributed by atoms with Crippen molar-refractivity contribution in [3.63, 3.8) is 0 Å². The molecule has 9 nitrogen and oxygen atoms in total. The molecule has 3 saturated heterocycles. The molecule has 0 aromatic rings. The van der Waals surface area contributed by atoms with Gasteiger partial charge in [-0.15, -0.1) is 0 Å². The molecule has 9 heteroatoms. The zero-order valence-electron chi connectivity index (χ0n) is 10.7. The van der Waals surface area contributed by atoms with Crippen molar-refractivity contribution in [1.82, 2.24) is 26.2 Å². The van der Waals surface area contributed by atoms with Crippen LogP contribution in [0.25, 0.3) is 0 Å². The molecule has 2 atom stereocenters. The normalized spacial score (nSPS) is 33.1. The Balaban J connectivity index is 1.65. The number of imide groups is 1. The lowest BCUT2D eigenvalue weighted by molar-refractivity contribution is -0.134. The molecule has 108 valence electrons. The van der Waals surface area contributed by atoms with Gasteiger partial charge in [0.1, 0.15) is 11.6 Å². The number of amides is 5. The first kappa shape index (κ1) is 12.9. The summed E-state index contributed by atoms with van der Waals surface area (Å²) in [5.41, 5.74) is -0.995. The summed E-state index contributed by atoms with van der Waals surface area (Å²) in [6.07, 6.45) is 0.398. The Hall–Kier alpha value is -2.16. The Bertz CT molecular complexity index is 497. The summed E-state index contributed by atoms with van der Waals surface area (Å²) in [5, 5.41) is 10.3. The molecule has 0 bridgehead atoms. The van der Waals surface area contributed by atoms with E-state index in [0.717, 1.165) is 0 Å². The molecule has 0 radical (unpaired) electrons. The molecule has 5 amide bonds. The number of piperazine rings is 1. The van der Waals surface area contributed by atoms with Gasteiger partial charge in [0.05, 0.1) is 13.1 Å². The third-order valence-electron chi connectivity index (χ3n) is 3.91. The first-order valence-corrected chi connectivity index (χ1v) is 6.43. The molecule has 4 N–H and O–H groups in total. The van der Waals surface area contributed by atoms with Crippen LogP contribution in [0, 0.1) is 0 Å². The van der Waals surface area contributed by atoms with Crippen LogP contribution in [-0.4, -0.2) is 66.4 Å². The molecule has 3 fully saturated rings. The summed E-state index contributed by atoms with van der Waals surface area (Å²) < 4.78 is 0. The standard InChI is InChI=1S/C11H15N5O4/c17-7-4-12-6(3-13-7)8(18)16-2-1-11(5-16)9(19)14-10(20)15-11/h6,12H,1-5H2,(H,13,17)(H2,14,15,19,20).